The third kappa shape index (κ3) is 5.16. The molecule has 0 aromatic carbocycles. The number of nitrogens with one attached hydrogen (secondary N) is 2. The first-order chi connectivity index (χ1) is 9.79. The molecule has 0 atom stereocenters. The van der Waals surface area contributed by atoms with E-state index in [1.165, 1.54) is 38.8 Å². The zero-order valence-corrected chi connectivity index (χ0v) is 13.2. The minimum atomic E-state index is 0.508. The number of thiocarbonyl (C=S) groups is 1. The molecule has 0 bridgehead atoms. The molecule has 2 aliphatic rings. The van der Waals surface area contributed by atoms with Gasteiger partial charge in [0.1, 0.15) is 0 Å². The molecule has 2 heterocycles. The summed E-state index contributed by atoms with van der Waals surface area (Å²) < 4.78 is 10.4. The Morgan fingerprint density at radius 1 is 1.25 bits per heavy atom. The molecule has 2 aliphatic heterocycles. The number of likely N-dealkylation sites (tertiary alicyclic amines) is 1. The van der Waals surface area contributed by atoms with Gasteiger partial charge in [-0.25, -0.2) is 0 Å². The molecule has 2 N–H and O–H groups in total. The summed E-state index contributed by atoms with van der Waals surface area (Å²) >= 11 is 5.29. The van der Waals surface area contributed by atoms with E-state index in [-0.39, 0.29) is 0 Å². The fourth-order valence-corrected chi connectivity index (χ4v) is 3.23. The number of hydrogen-bond acceptors (Lipinski definition) is 4. The lowest BCUT2D eigenvalue weighted by Crippen LogP contribution is -2.51. The highest BCUT2D eigenvalue weighted by atomic mass is 32.1. The molecule has 6 heteroatoms. The minimum Gasteiger partial charge on any atom is -0.383 e. The van der Waals surface area contributed by atoms with Crippen molar-refractivity contribution in [1.29, 1.82) is 0 Å². The summed E-state index contributed by atoms with van der Waals surface area (Å²) in [6.07, 6.45) is 4.72. The van der Waals surface area contributed by atoms with Crippen molar-refractivity contribution in [2.24, 2.45) is 0 Å². The second kappa shape index (κ2) is 8.77. The lowest BCUT2D eigenvalue weighted by molar-refractivity contribution is 0.0247. The van der Waals surface area contributed by atoms with Crippen LogP contribution in [0.4, 0.5) is 0 Å². The number of piperidine rings is 1. The first kappa shape index (κ1) is 15.9. The highest BCUT2D eigenvalue weighted by molar-refractivity contribution is 7.80. The molecular formula is C14H27N3O2S. The maximum atomic E-state index is 5.44. The molecule has 2 saturated heterocycles. The molecule has 0 amide bonds. The van der Waals surface area contributed by atoms with Crippen molar-refractivity contribution in [3.8, 4) is 0 Å². The van der Waals surface area contributed by atoms with Crippen LogP contribution in [0.3, 0.4) is 0 Å². The Balaban J connectivity index is 1.62. The molecule has 5 nitrogen and oxygen atoms in total. The van der Waals surface area contributed by atoms with Gasteiger partial charge in [0.25, 0.3) is 0 Å². The van der Waals surface area contributed by atoms with Crippen LogP contribution in [0, 0.1) is 0 Å². The van der Waals surface area contributed by atoms with Crippen molar-refractivity contribution in [3.63, 3.8) is 0 Å². The van der Waals surface area contributed by atoms with E-state index in [9.17, 15) is 0 Å². The molecule has 0 aliphatic carbocycles. The molecular weight excluding hydrogens is 274 g/mol. The molecule has 116 valence electrons. The second-order valence-corrected chi connectivity index (χ2v) is 5.96. The summed E-state index contributed by atoms with van der Waals surface area (Å²) in [6, 6.07) is 1.24. The first-order valence-electron chi connectivity index (χ1n) is 7.64. The number of rotatable bonds is 5. The fourth-order valence-electron chi connectivity index (χ4n) is 2.96. The zero-order valence-electron chi connectivity index (χ0n) is 12.4. The van der Waals surface area contributed by atoms with Crippen molar-refractivity contribution < 1.29 is 9.47 Å². The summed E-state index contributed by atoms with van der Waals surface area (Å²) in [6.45, 7) is 5.64. The number of ether oxygens (including phenoxy) is 2. The Kier molecular flexibility index (Phi) is 6.99. The molecule has 0 unspecified atom stereocenters. The summed E-state index contributed by atoms with van der Waals surface area (Å²) in [5.41, 5.74) is 0. The van der Waals surface area contributed by atoms with Gasteiger partial charge in [-0.3, -0.25) is 0 Å². The van der Waals surface area contributed by atoms with Gasteiger partial charge in [0.15, 0.2) is 5.11 Å². The summed E-state index contributed by atoms with van der Waals surface area (Å²) in [5.74, 6) is 0. The largest absolute Gasteiger partial charge is 0.383 e. The number of methoxy groups -OCH3 is 1. The van der Waals surface area contributed by atoms with Crippen LogP contribution in [-0.4, -0.2) is 68.7 Å². The van der Waals surface area contributed by atoms with E-state index in [4.69, 9.17) is 21.7 Å². The molecule has 0 spiro atoms. The van der Waals surface area contributed by atoms with E-state index in [2.05, 4.69) is 15.5 Å². The molecule has 20 heavy (non-hydrogen) atoms. The van der Waals surface area contributed by atoms with Crippen molar-refractivity contribution in [3.05, 3.63) is 0 Å². The van der Waals surface area contributed by atoms with Crippen LogP contribution < -0.4 is 10.6 Å². The topological polar surface area (TPSA) is 45.8 Å². The third-order valence-corrected chi connectivity index (χ3v) is 4.43. The van der Waals surface area contributed by atoms with Crippen molar-refractivity contribution in [2.45, 2.75) is 37.8 Å². The first-order valence-corrected chi connectivity index (χ1v) is 8.05. The van der Waals surface area contributed by atoms with E-state index in [1.807, 2.05) is 0 Å². The lowest BCUT2D eigenvalue weighted by atomic mass is 10.00. The Morgan fingerprint density at radius 2 is 1.95 bits per heavy atom. The van der Waals surface area contributed by atoms with Gasteiger partial charge in [0.05, 0.1) is 6.61 Å². The molecule has 0 radical (unpaired) electrons. The smallest absolute Gasteiger partial charge is 0.166 e. The highest BCUT2D eigenvalue weighted by Gasteiger charge is 2.26. The van der Waals surface area contributed by atoms with Gasteiger partial charge in [-0.2, -0.15) is 0 Å². The Morgan fingerprint density at radius 3 is 2.60 bits per heavy atom. The van der Waals surface area contributed by atoms with E-state index in [0.29, 0.717) is 12.6 Å². The minimum absolute atomic E-state index is 0.508. The molecule has 2 fully saturated rings. The summed E-state index contributed by atoms with van der Waals surface area (Å²) in [5, 5.41) is 7.34. The van der Waals surface area contributed by atoms with E-state index in [1.54, 1.807) is 7.11 Å². The molecule has 0 aromatic heterocycles. The highest BCUT2D eigenvalue weighted by Crippen LogP contribution is 2.19. The predicted octanol–water partition coefficient (Wildman–Crippen LogP) is 0.740. The van der Waals surface area contributed by atoms with Gasteiger partial charge < -0.3 is 25.0 Å². The Labute approximate surface area is 127 Å². The van der Waals surface area contributed by atoms with Gasteiger partial charge in [-0.05, 0) is 37.9 Å². The zero-order chi connectivity index (χ0) is 14.2. The molecule has 2 rings (SSSR count). The van der Waals surface area contributed by atoms with Gasteiger partial charge in [-0.1, -0.05) is 0 Å². The molecule has 0 aromatic rings. The van der Waals surface area contributed by atoms with Gasteiger partial charge >= 0.3 is 0 Å². The van der Waals surface area contributed by atoms with Crippen LogP contribution in [0.15, 0.2) is 0 Å². The fraction of sp³-hybridized carbons (Fsp3) is 0.929. The summed E-state index contributed by atoms with van der Waals surface area (Å²) in [7, 11) is 1.70. The molecule has 0 saturated carbocycles. The quantitative estimate of drug-likeness (QED) is 0.577. The van der Waals surface area contributed by atoms with Gasteiger partial charge in [0.2, 0.25) is 0 Å². The van der Waals surface area contributed by atoms with Crippen molar-refractivity contribution in [2.75, 3.05) is 46.6 Å². The number of nitrogens with zero attached hydrogens (tertiary/aromatic N) is 1. The van der Waals surface area contributed by atoms with Crippen molar-refractivity contribution in [1.82, 2.24) is 15.5 Å². The van der Waals surface area contributed by atoms with Crippen LogP contribution >= 0.6 is 12.2 Å². The maximum absolute atomic E-state index is 5.44. The van der Waals surface area contributed by atoms with Gasteiger partial charge in [-0.15, -0.1) is 0 Å². The lowest BCUT2D eigenvalue weighted by Gasteiger charge is -2.39. The third-order valence-electron chi connectivity index (χ3n) is 4.16. The monoisotopic (exact) mass is 301 g/mol. The van der Waals surface area contributed by atoms with Crippen LogP contribution in [0.5, 0.6) is 0 Å². The van der Waals surface area contributed by atoms with Crippen LogP contribution in [0.25, 0.3) is 0 Å². The van der Waals surface area contributed by atoms with Gasteiger partial charge in [0, 0.05) is 52.0 Å². The summed E-state index contributed by atoms with van der Waals surface area (Å²) in [4.78, 5) is 2.63. The Hall–Kier alpha value is -0.430. The SMILES string of the molecule is COCCNC(=S)NC1CCN(C2CCOCC2)CC1. The predicted molar refractivity (Wildman–Crippen MR) is 84.0 cm³/mol. The number of hydrogen-bond donors (Lipinski definition) is 2. The average molecular weight is 301 g/mol. The normalized spacial score (nSPS) is 22.6. The van der Waals surface area contributed by atoms with E-state index >= 15 is 0 Å². The van der Waals surface area contributed by atoms with Crippen molar-refractivity contribution >= 4 is 17.3 Å². The van der Waals surface area contributed by atoms with Crippen LogP contribution in [-0.2, 0) is 9.47 Å². The maximum Gasteiger partial charge on any atom is 0.166 e. The van der Waals surface area contributed by atoms with E-state index < -0.39 is 0 Å². The average Bonchev–Trinajstić information content (AvgIpc) is 2.49. The second-order valence-electron chi connectivity index (χ2n) is 5.55. The van der Waals surface area contributed by atoms with Crippen LogP contribution in [0.2, 0.25) is 0 Å². The van der Waals surface area contributed by atoms with E-state index in [0.717, 1.165) is 30.9 Å². The standard InChI is InChI=1S/C14H27N3O2S/c1-18-11-6-15-14(20)16-12-2-7-17(8-3-12)13-4-9-19-10-5-13/h12-13H,2-11H2,1H3,(H2,15,16,20). The Bertz CT molecular complexity index is 290. The van der Waals surface area contributed by atoms with Crippen LogP contribution in [0.1, 0.15) is 25.7 Å².